The first-order chi connectivity index (χ1) is 8.86. The Balaban J connectivity index is 1.77. The topological polar surface area (TPSA) is 45.0 Å². The van der Waals surface area contributed by atoms with E-state index in [2.05, 4.69) is 11.4 Å². The molecular formula is C15H18N2O. The number of nitrogens with zero attached hydrogens (tertiary/aromatic N) is 1. The minimum Gasteiger partial charge on any atom is -0.489 e. The van der Waals surface area contributed by atoms with Crippen LogP contribution in [0.15, 0.2) is 18.2 Å². The van der Waals surface area contributed by atoms with Crippen molar-refractivity contribution in [1.82, 2.24) is 0 Å². The molecular weight excluding hydrogens is 224 g/mol. The molecule has 1 saturated carbocycles. The van der Waals surface area contributed by atoms with Gasteiger partial charge in [-0.3, -0.25) is 0 Å². The number of anilines is 1. The van der Waals surface area contributed by atoms with E-state index >= 15 is 0 Å². The van der Waals surface area contributed by atoms with Crippen LogP contribution in [0.4, 0.5) is 5.69 Å². The van der Waals surface area contributed by atoms with Gasteiger partial charge in [0.1, 0.15) is 12.4 Å². The molecule has 1 aromatic rings. The lowest BCUT2D eigenvalue weighted by Crippen LogP contribution is -2.38. The number of benzene rings is 1. The van der Waals surface area contributed by atoms with Crippen LogP contribution < -0.4 is 10.1 Å². The molecule has 3 heteroatoms. The van der Waals surface area contributed by atoms with E-state index in [1.165, 1.54) is 32.1 Å². The Labute approximate surface area is 108 Å². The largest absolute Gasteiger partial charge is 0.489 e. The summed E-state index contributed by atoms with van der Waals surface area (Å²) in [4.78, 5) is 0. The lowest BCUT2D eigenvalue weighted by atomic mass is 9.83. The summed E-state index contributed by atoms with van der Waals surface area (Å²) < 4.78 is 5.82. The summed E-state index contributed by atoms with van der Waals surface area (Å²) in [6.45, 7) is 0.754. The third-order valence-corrected chi connectivity index (χ3v) is 4.09. The molecule has 0 bridgehead atoms. The van der Waals surface area contributed by atoms with Crippen molar-refractivity contribution in [2.75, 3.05) is 11.9 Å². The quantitative estimate of drug-likeness (QED) is 0.821. The minimum absolute atomic E-state index is 0.409. The molecule has 0 spiro atoms. The summed E-state index contributed by atoms with van der Waals surface area (Å²) in [5.41, 5.74) is 1.67. The van der Waals surface area contributed by atoms with Crippen molar-refractivity contribution in [3.05, 3.63) is 23.8 Å². The monoisotopic (exact) mass is 242 g/mol. The Morgan fingerprint density at radius 2 is 2.06 bits per heavy atom. The van der Waals surface area contributed by atoms with Gasteiger partial charge in [-0.2, -0.15) is 5.26 Å². The van der Waals surface area contributed by atoms with Gasteiger partial charge in [-0.25, -0.2) is 0 Å². The number of rotatable bonds is 1. The molecule has 94 valence electrons. The third-order valence-electron chi connectivity index (χ3n) is 4.09. The van der Waals surface area contributed by atoms with Crippen molar-refractivity contribution in [3.8, 4) is 11.8 Å². The number of fused-ring (bicyclic) bond motifs is 1. The van der Waals surface area contributed by atoms with Gasteiger partial charge in [0.15, 0.2) is 0 Å². The molecule has 3 rings (SSSR count). The van der Waals surface area contributed by atoms with Gasteiger partial charge in [-0.15, -0.1) is 0 Å². The molecule has 1 aliphatic carbocycles. The molecule has 1 aromatic carbocycles. The summed E-state index contributed by atoms with van der Waals surface area (Å²) in [6, 6.07) is 8.17. The van der Waals surface area contributed by atoms with E-state index in [0.717, 1.165) is 24.0 Å². The fraction of sp³-hybridized carbons (Fsp3) is 0.533. The number of nitrogens with one attached hydrogen (secondary N) is 1. The highest BCUT2D eigenvalue weighted by Crippen LogP contribution is 2.35. The molecule has 1 fully saturated rings. The fourth-order valence-electron chi connectivity index (χ4n) is 3.05. The van der Waals surface area contributed by atoms with Crippen LogP contribution in [0, 0.1) is 17.2 Å². The Hall–Kier alpha value is -1.69. The van der Waals surface area contributed by atoms with E-state index in [4.69, 9.17) is 10.00 Å². The Kier molecular flexibility index (Phi) is 3.10. The van der Waals surface area contributed by atoms with E-state index < -0.39 is 0 Å². The molecule has 1 atom stereocenters. The molecule has 18 heavy (non-hydrogen) atoms. The molecule has 1 unspecified atom stereocenters. The zero-order valence-electron chi connectivity index (χ0n) is 10.5. The average Bonchev–Trinajstić information content (AvgIpc) is 2.47. The Bertz CT molecular complexity index is 472. The lowest BCUT2D eigenvalue weighted by molar-refractivity contribution is 0.214. The molecule has 0 radical (unpaired) electrons. The highest BCUT2D eigenvalue weighted by atomic mass is 16.5. The third kappa shape index (κ3) is 2.15. The zero-order valence-corrected chi connectivity index (χ0v) is 10.5. The molecule has 0 amide bonds. The van der Waals surface area contributed by atoms with Crippen LogP contribution in [-0.2, 0) is 0 Å². The summed E-state index contributed by atoms with van der Waals surface area (Å²) in [5, 5.41) is 12.5. The first-order valence-corrected chi connectivity index (χ1v) is 6.80. The fourth-order valence-corrected chi connectivity index (χ4v) is 3.05. The van der Waals surface area contributed by atoms with Gasteiger partial charge >= 0.3 is 0 Å². The average molecular weight is 242 g/mol. The maximum absolute atomic E-state index is 8.94. The number of hydrogen-bond donors (Lipinski definition) is 1. The molecule has 2 aliphatic rings. The second-order valence-corrected chi connectivity index (χ2v) is 5.28. The highest BCUT2D eigenvalue weighted by Gasteiger charge is 2.28. The van der Waals surface area contributed by atoms with Crippen molar-refractivity contribution in [3.63, 3.8) is 0 Å². The van der Waals surface area contributed by atoms with E-state index in [9.17, 15) is 0 Å². The number of hydrogen-bond acceptors (Lipinski definition) is 3. The first kappa shape index (κ1) is 11.4. The van der Waals surface area contributed by atoms with Crippen LogP contribution >= 0.6 is 0 Å². The van der Waals surface area contributed by atoms with E-state index in [0.29, 0.717) is 11.6 Å². The van der Waals surface area contributed by atoms with Gasteiger partial charge < -0.3 is 10.1 Å². The molecule has 0 saturated heterocycles. The van der Waals surface area contributed by atoms with E-state index in [1.54, 1.807) is 6.07 Å². The van der Waals surface area contributed by atoms with Gasteiger partial charge in [0.25, 0.3) is 0 Å². The standard InChI is InChI=1S/C15H18N2O/c16-9-11-6-7-15-13(8-11)17-14(10-18-15)12-4-2-1-3-5-12/h6-8,12,14,17H,1-5,10H2. The van der Waals surface area contributed by atoms with Gasteiger partial charge in [-0.1, -0.05) is 19.3 Å². The second-order valence-electron chi connectivity index (χ2n) is 5.28. The zero-order chi connectivity index (χ0) is 12.4. The van der Waals surface area contributed by atoms with Crippen molar-refractivity contribution < 1.29 is 4.74 Å². The summed E-state index contributed by atoms with van der Waals surface area (Å²) in [7, 11) is 0. The summed E-state index contributed by atoms with van der Waals surface area (Å²) in [5.74, 6) is 1.60. The highest BCUT2D eigenvalue weighted by molar-refractivity contribution is 5.61. The molecule has 1 aliphatic heterocycles. The van der Waals surface area contributed by atoms with E-state index in [1.807, 2.05) is 12.1 Å². The molecule has 3 nitrogen and oxygen atoms in total. The van der Waals surface area contributed by atoms with Crippen LogP contribution in [0.25, 0.3) is 0 Å². The molecule has 1 heterocycles. The Morgan fingerprint density at radius 3 is 2.83 bits per heavy atom. The van der Waals surface area contributed by atoms with Crippen LogP contribution in [0.3, 0.4) is 0 Å². The van der Waals surface area contributed by atoms with Crippen molar-refractivity contribution in [2.24, 2.45) is 5.92 Å². The van der Waals surface area contributed by atoms with Gasteiger partial charge in [0.2, 0.25) is 0 Å². The van der Waals surface area contributed by atoms with Crippen molar-refractivity contribution in [2.45, 2.75) is 38.1 Å². The molecule has 1 N–H and O–H groups in total. The van der Waals surface area contributed by atoms with Crippen molar-refractivity contribution in [1.29, 1.82) is 5.26 Å². The van der Waals surface area contributed by atoms with Crippen molar-refractivity contribution >= 4 is 5.69 Å². The maximum atomic E-state index is 8.94. The van der Waals surface area contributed by atoms with Crippen LogP contribution in [-0.4, -0.2) is 12.6 Å². The smallest absolute Gasteiger partial charge is 0.142 e. The predicted molar refractivity (Wildman–Crippen MR) is 70.6 cm³/mol. The first-order valence-electron chi connectivity index (χ1n) is 6.80. The summed E-state index contributed by atoms with van der Waals surface area (Å²) in [6.07, 6.45) is 6.66. The predicted octanol–water partition coefficient (Wildman–Crippen LogP) is 3.31. The number of nitriles is 1. The van der Waals surface area contributed by atoms with Gasteiger partial charge in [-0.05, 0) is 37.0 Å². The van der Waals surface area contributed by atoms with Crippen LogP contribution in [0.5, 0.6) is 5.75 Å². The second kappa shape index (κ2) is 4.89. The summed E-state index contributed by atoms with van der Waals surface area (Å²) >= 11 is 0. The lowest BCUT2D eigenvalue weighted by Gasteiger charge is -2.35. The normalized spacial score (nSPS) is 23.4. The van der Waals surface area contributed by atoms with Crippen LogP contribution in [0.2, 0.25) is 0 Å². The van der Waals surface area contributed by atoms with Gasteiger partial charge in [0, 0.05) is 0 Å². The Morgan fingerprint density at radius 1 is 1.22 bits per heavy atom. The SMILES string of the molecule is N#Cc1ccc2c(c1)NC(C1CCCCC1)CO2. The van der Waals surface area contributed by atoms with Gasteiger partial charge in [0.05, 0.1) is 23.4 Å². The minimum atomic E-state index is 0.409. The molecule has 0 aromatic heterocycles. The van der Waals surface area contributed by atoms with Crippen LogP contribution in [0.1, 0.15) is 37.7 Å². The number of ether oxygens (including phenoxy) is 1. The maximum Gasteiger partial charge on any atom is 0.142 e. The van der Waals surface area contributed by atoms with E-state index in [-0.39, 0.29) is 0 Å².